The van der Waals surface area contributed by atoms with Gasteiger partial charge in [0, 0.05) is 22.6 Å². The lowest BCUT2D eigenvalue weighted by molar-refractivity contribution is -0.274. The van der Waals surface area contributed by atoms with E-state index in [1.165, 1.54) is 18.2 Å². The zero-order chi connectivity index (χ0) is 15.0. The molecular formula is C13H10F3N3OS. The van der Waals surface area contributed by atoms with Crippen LogP contribution in [-0.4, -0.2) is 16.3 Å². The molecule has 21 heavy (non-hydrogen) atoms. The number of nitrogens with zero attached hydrogens (tertiary/aromatic N) is 2. The van der Waals surface area contributed by atoms with Gasteiger partial charge < -0.3 is 10.5 Å². The van der Waals surface area contributed by atoms with Crippen molar-refractivity contribution in [3.05, 3.63) is 35.5 Å². The monoisotopic (exact) mass is 313 g/mol. The van der Waals surface area contributed by atoms with E-state index in [-0.39, 0.29) is 5.75 Å². The summed E-state index contributed by atoms with van der Waals surface area (Å²) in [6, 6.07) is 5.55. The molecule has 2 N–H and O–H groups in total. The molecule has 8 heteroatoms. The van der Waals surface area contributed by atoms with Crippen LogP contribution in [0, 0.1) is 0 Å². The Labute approximate surface area is 122 Å². The molecule has 0 aliphatic carbocycles. The van der Waals surface area contributed by atoms with Crippen molar-refractivity contribution in [3.8, 4) is 17.1 Å². The molecule has 0 fully saturated rings. The van der Waals surface area contributed by atoms with Crippen molar-refractivity contribution in [2.45, 2.75) is 17.9 Å². The molecule has 1 aromatic carbocycles. The lowest BCUT2D eigenvalue weighted by Gasteiger charge is -2.10. The van der Waals surface area contributed by atoms with Gasteiger partial charge in [-0.3, -0.25) is 0 Å². The number of nitrogen functional groups attached to an aromatic ring is 1. The number of rotatable bonds is 2. The molecule has 4 nitrogen and oxygen atoms in total. The van der Waals surface area contributed by atoms with E-state index in [0.717, 1.165) is 22.8 Å². The normalized spacial score (nSPS) is 14.0. The topological polar surface area (TPSA) is 61.0 Å². The Hall–Kier alpha value is -1.96. The standard InChI is InChI=1S/C13H10F3N3OS/c14-13(15,16)20-8-3-1-2-7(4-8)12-18-10-6-21-5-9(10)11(17)19-12/h1-4H,5-6H2,(H2,17,18,19). The van der Waals surface area contributed by atoms with E-state index >= 15 is 0 Å². The van der Waals surface area contributed by atoms with E-state index < -0.39 is 6.36 Å². The minimum Gasteiger partial charge on any atom is -0.406 e. The van der Waals surface area contributed by atoms with Gasteiger partial charge in [0.2, 0.25) is 0 Å². The zero-order valence-electron chi connectivity index (χ0n) is 10.6. The number of hydrogen-bond donors (Lipinski definition) is 1. The first-order valence-electron chi connectivity index (χ1n) is 6.01. The highest BCUT2D eigenvalue weighted by Gasteiger charge is 2.31. The van der Waals surface area contributed by atoms with Gasteiger partial charge in [-0.15, -0.1) is 13.2 Å². The average molecular weight is 313 g/mol. The summed E-state index contributed by atoms with van der Waals surface area (Å²) in [7, 11) is 0. The molecule has 0 saturated carbocycles. The predicted molar refractivity (Wildman–Crippen MR) is 73.6 cm³/mol. The Balaban J connectivity index is 1.98. The molecule has 1 aliphatic rings. The molecule has 0 radical (unpaired) electrons. The van der Waals surface area contributed by atoms with Crippen molar-refractivity contribution in [1.82, 2.24) is 9.97 Å². The quantitative estimate of drug-likeness (QED) is 0.921. The predicted octanol–water partition coefficient (Wildman–Crippen LogP) is 3.37. The maximum Gasteiger partial charge on any atom is 0.573 e. The Kier molecular flexibility index (Phi) is 3.40. The van der Waals surface area contributed by atoms with Crippen LogP contribution in [0.1, 0.15) is 11.3 Å². The largest absolute Gasteiger partial charge is 0.573 e. The highest BCUT2D eigenvalue weighted by atomic mass is 32.2. The Morgan fingerprint density at radius 3 is 2.76 bits per heavy atom. The number of fused-ring (bicyclic) bond motifs is 1. The maximum atomic E-state index is 12.2. The van der Waals surface area contributed by atoms with Crippen LogP contribution >= 0.6 is 11.8 Å². The van der Waals surface area contributed by atoms with Gasteiger partial charge in [-0.25, -0.2) is 9.97 Å². The van der Waals surface area contributed by atoms with Crippen LogP contribution in [0.3, 0.4) is 0 Å². The molecule has 0 saturated heterocycles. The smallest absolute Gasteiger partial charge is 0.406 e. The van der Waals surface area contributed by atoms with Gasteiger partial charge in [0.15, 0.2) is 5.82 Å². The van der Waals surface area contributed by atoms with Gasteiger partial charge in [-0.05, 0) is 12.1 Å². The third-order valence-electron chi connectivity index (χ3n) is 2.94. The summed E-state index contributed by atoms with van der Waals surface area (Å²) in [4.78, 5) is 8.54. The molecule has 3 rings (SSSR count). The number of nitrogens with two attached hydrogens (primary N) is 1. The van der Waals surface area contributed by atoms with Crippen LogP contribution in [0.2, 0.25) is 0 Å². The number of halogens is 3. The maximum absolute atomic E-state index is 12.2. The number of anilines is 1. The molecule has 0 atom stereocenters. The van der Waals surface area contributed by atoms with Crippen LogP contribution in [0.25, 0.3) is 11.4 Å². The van der Waals surface area contributed by atoms with Crippen LogP contribution in [0.15, 0.2) is 24.3 Å². The summed E-state index contributed by atoms with van der Waals surface area (Å²) in [5, 5.41) is 0. The first kappa shape index (κ1) is 14.0. The minimum atomic E-state index is -4.73. The second-order valence-electron chi connectivity index (χ2n) is 4.43. The van der Waals surface area contributed by atoms with Crippen LogP contribution in [-0.2, 0) is 11.5 Å². The number of thioether (sulfide) groups is 1. The lowest BCUT2D eigenvalue weighted by atomic mass is 10.2. The third-order valence-corrected chi connectivity index (χ3v) is 3.91. The summed E-state index contributed by atoms with van der Waals surface area (Å²) in [5.74, 6) is 1.87. The first-order chi connectivity index (χ1) is 9.92. The van der Waals surface area contributed by atoms with Crippen molar-refractivity contribution < 1.29 is 17.9 Å². The zero-order valence-corrected chi connectivity index (χ0v) is 11.5. The number of hydrogen-bond acceptors (Lipinski definition) is 5. The van der Waals surface area contributed by atoms with Gasteiger partial charge in [0.1, 0.15) is 11.6 Å². The molecule has 110 valence electrons. The van der Waals surface area contributed by atoms with E-state index in [1.54, 1.807) is 17.8 Å². The molecule has 0 amide bonds. The second-order valence-corrected chi connectivity index (χ2v) is 5.41. The Morgan fingerprint density at radius 2 is 2.00 bits per heavy atom. The molecule has 0 spiro atoms. The highest BCUT2D eigenvalue weighted by molar-refractivity contribution is 7.98. The van der Waals surface area contributed by atoms with Crippen LogP contribution in [0.5, 0.6) is 5.75 Å². The Morgan fingerprint density at radius 1 is 1.19 bits per heavy atom. The number of benzene rings is 1. The summed E-state index contributed by atoms with van der Waals surface area (Å²) in [6.45, 7) is 0. The molecule has 1 aliphatic heterocycles. The van der Waals surface area contributed by atoms with E-state index in [1.807, 2.05) is 0 Å². The molecule has 1 aromatic heterocycles. The average Bonchev–Trinajstić information content (AvgIpc) is 2.86. The fourth-order valence-electron chi connectivity index (χ4n) is 2.04. The van der Waals surface area contributed by atoms with Crippen molar-refractivity contribution in [2.24, 2.45) is 0 Å². The fraction of sp³-hybridized carbons (Fsp3) is 0.231. The van der Waals surface area contributed by atoms with Gasteiger partial charge in [-0.2, -0.15) is 11.8 Å². The van der Waals surface area contributed by atoms with Gasteiger partial charge in [0.05, 0.1) is 5.69 Å². The Bertz CT molecular complexity index is 691. The van der Waals surface area contributed by atoms with E-state index in [2.05, 4.69) is 14.7 Å². The summed E-state index contributed by atoms with van der Waals surface area (Å²) in [6.07, 6.45) is -4.73. The number of ether oxygens (including phenoxy) is 1. The SMILES string of the molecule is Nc1nc(-c2cccc(OC(F)(F)F)c2)nc2c1CSC2. The fourth-order valence-corrected chi connectivity index (χ4v) is 3.09. The minimum absolute atomic E-state index is 0.307. The van der Waals surface area contributed by atoms with Crippen molar-refractivity contribution >= 4 is 17.6 Å². The van der Waals surface area contributed by atoms with Crippen molar-refractivity contribution in [1.29, 1.82) is 0 Å². The van der Waals surface area contributed by atoms with Gasteiger partial charge in [0.25, 0.3) is 0 Å². The lowest BCUT2D eigenvalue weighted by Crippen LogP contribution is -2.17. The summed E-state index contributed by atoms with van der Waals surface area (Å²) in [5.41, 5.74) is 8.05. The van der Waals surface area contributed by atoms with Crippen molar-refractivity contribution in [2.75, 3.05) is 5.73 Å². The molecule has 2 aromatic rings. The highest BCUT2D eigenvalue weighted by Crippen LogP contribution is 2.34. The van der Waals surface area contributed by atoms with E-state index in [4.69, 9.17) is 5.73 Å². The van der Waals surface area contributed by atoms with Gasteiger partial charge in [-0.1, -0.05) is 12.1 Å². The van der Waals surface area contributed by atoms with Crippen LogP contribution < -0.4 is 10.5 Å². The van der Waals surface area contributed by atoms with Crippen LogP contribution in [0.4, 0.5) is 19.0 Å². The molecule has 2 heterocycles. The second kappa shape index (κ2) is 5.10. The van der Waals surface area contributed by atoms with E-state index in [9.17, 15) is 13.2 Å². The van der Waals surface area contributed by atoms with Crippen molar-refractivity contribution in [3.63, 3.8) is 0 Å². The number of alkyl halides is 3. The van der Waals surface area contributed by atoms with Gasteiger partial charge >= 0.3 is 6.36 Å². The third kappa shape index (κ3) is 3.05. The number of aromatic nitrogens is 2. The molecule has 0 unspecified atom stereocenters. The summed E-state index contributed by atoms with van der Waals surface area (Å²) < 4.78 is 40.6. The molecule has 0 bridgehead atoms. The molecular weight excluding hydrogens is 303 g/mol. The summed E-state index contributed by atoms with van der Waals surface area (Å²) >= 11 is 1.68. The first-order valence-corrected chi connectivity index (χ1v) is 7.17. The van der Waals surface area contributed by atoms with E-state index in [0.29, 0.717) is 17.2 Å².